The highest BCUT2D eigenvalue weighted by atomic mass is 19.2. The lowest BCUT2D eigenvalue weighted by molar-refractivity contribution is -0.125. The first-order valence-corrected chi connectivity index (χ1v) is 7.36. The fourth-order valence-corrected chi connectivity index (χ4v) is 2.39. The average Bonchev–Trinajstić information content (AvgIpc) is 2.49. The van der Waals surface area contributed by atoms with Crippen LogP contribution in [-0.2, 0) is 9.59 Å². The molecule has 126 valence electrons. The van der Waals surface area contributed by atoms with Crippen LogP contribution in [0.15, 0.2) is 18.2 Å². The summed E-state index contributed by atoms with van der Waals surface area (Å²) >= 11 is 0. The molecule has 1 aliphatic rings. The number of anilines is 1. The molecule has 1 aromatic rings. The largest absolute Gasteiger partial charge is 0.392 e. The van der Waals surface area contributed by atoms with E-state index in [0.29, 0.717) is 6.54 Å². The maximum atomic E-state index is 13.0. The summed E-state index contributed by atoms with van der Waals surface area (Å²) in [6.45, 7) is 1.00. The number of carbonyl (C=O) groups excluding carboxylic acids is 2. The number of likely N-dealkylation sites (tertiary alicyclic amines) is 1. The van der Waals surface area contributed by atoms with E-state index in [1.165, 1.54) is 6.07 Å². The van der Waals surface area contributed by atoms with E-state index in [-0.39, 0.29) is 24.7 Å². The Morgan fingerprint density at radius 2 is 2.04 bits per heavy atom. The molecule has 1 fully saturated rings. The van der Waals surface area contributed by atoms with Gasteiger partial charge in [-0.05, 0) is 31.5 Å². The second-order valence-corrected chi connectivity index (χ2v) is 5.48. The van der Waals surface area contributed by atoms with E-state index in [0.717, 1.165) is 31.5 Å². The van der Waals surface area contributed by atoms with E-state index in [1.54, 1.807) is 0 Å². The van der Waals surface area contributed by atoms with Crippen LogP contribution in [0.25, 0.3) is 0 Å². The minimum absolute atomic E-state index is 0.107. The fraction of sp³-hybridized carbons (Fsp3) is 0.467. The van der Waals surface area contributed by atoms with Crippen molar-refractivity contribution in [2.45, 2.75) is 18.9 Å². The van der Waals surface area contributed by atoms with Crippen molar-refractivity contribution in [3.05, 3.63) is 29.8 Å². The van der Waals surface area contributed by atoms with Crippen LogP contribution >= 0.6 is 0 Å². The van der Waals surface area contributed by atoms with Gasteiger partial charge in [0.1, 0.15) is 0 Å². The lowest BCUT2D eigenvalue weighted by Crippen LogP contribution is -2.45. The van der Waals surface area contributed by atoms with Crippen molar-refractivity contribution < 1.29 is 23.5 Å². The Balaban J connectivity index is 1.73. The summed E-state index contributed by atoms with van der Waals surface area (Å²) in [5.74, 6) is -2.93. The molecule has 8 heteroatoms. The van der Waals surface area contributed by atoms with Gasteiger partial charge in [-0.1, -0.05) is 0 Å². The molecular weight excluding hydrogens is 308 g/mol. The van der Waals surface area contributed by atoms with E-state index < -0.39 is 23.6 Å². The van der Waals surface area contributed by atoms with Gasteiger partial charge in [0.05, 0.1) is 19.2 Å². The highest BCUT2D eigenvalue weighted by Crippen LogP contribution is 2.12. The number of amides is 2. The number of halogens is 2. The molecular formula is C15H19F2N3O3. The maximum absolute atomic E-state index is 13.0. The first-order valence-electron chi connectivity index (χ1n) is 7.36. The van der Waals surface area contributed by atoms with Crippen molar-refractivity contribution in [1.29, 1.82) is 0 Å². The summed E-state index contributed by atoms with van der Waals surface area (Å²) in [4.78, 5) is 25.2. The molecule has 1 aliphatic heterocycles. The van der Waals surface area contributed by atoms with E-state index in [4.69, 9.17) is 0 Å². The molecule has 1 unspecified atom stereocenters. The number of hydrogen-bond donors (Lipinski definition) is 3. The summed E-state index contributed by atoms with van der Waals surface area (Å²) < 4.78 is 25.8. The molecule has 6 nitrogen and oxygen atoms in total. The van der Waals surface area contributed by atoms with Gasteiger partial charge in [-0.2, -0.15) is 0 Å². The van der Waals surface area contributed by atoms with Crippen LogP contribution in [0, 0.1) is 11.6 Å². The highest BCUT2D eigenvalue weighted by Gasteiger charge is 2.19. The molecule has 0 bridgehead atoms. The number of rotatable bonds is 5. The number of aliphatic hydroxyl groups excluding tert-OH is 1. The summed E-state index contributed by atoms with van der Waals surface area (Å²) in [6.07, 6.45) is 1.13. The molecule has 0 aromatic heterocycles. The quantitative estimate of drug-likeness (QED) is 0.735. The van der Waals surface area contributed by atoms with Crippen LogP contribution in [-0.4, -0.2) is 54.1 Å². The normalized spacial score (nSPS) is 18.5. The number of carbonyl (C=O) groups is 2. The van der Waals surface area contributed by atoms with Gasteiger partial charge in [0, 0.05) is 18.3 Å². The molecule has 1 atom stereocenters. The molecule has 1 saturated heterocycles. The third kappa shape index (κ3) is 5.57. The molecule has 0 aliphatic carbocycles. The zero-order valence-electron chi connectivity index (χ0n) is 12.5. The van der Waals surface area contributed by atoms with Gasteiger partial charge in [0.25, 0.3) is 0 Å². The third-order valence-electron chi connectivity index (χ3n) is 3.50. The van der Waals surface area contributed by atoms with Gasteiger partial charge < -0.3 is 15.7 Å². The lowest BCUT2D eigenvalue weighted by Gasteiger charge is -2.29. The number of aliphatic hydroxyl groups is 1. The van der Waals surface area contributed by atoms with E-state index in [1.807, 2.05) is 4.90 Å². The molecule has 2 amide bonds. The van der Waals surface area contributed by atoms with E-state index in [9.17, 15) is 23.5 Å². The minimum Gasteiger partial charge on any atom is -0.392 e. The Morgan fingerprint density at radius 1 is 1.26 bits per heavy atom. The molecule has 1 aromatic carbocycles. The van der Waals surface area contributed by atoms with Gasteiger partial charge in [0.2, 0.25) is 11.8 Å². The van der Waals surface area contributed by atoms with E-state index in [2.05, 4.69) is 10.6 Å². The Labute approximate surface area is 132 Å². The highest BCUT2D eigenvalue weighted by molar-refractivity contribution is 5.94. The zero-order chi connectivity index (χ0) is 16.8. The average molecular weight is 327 g/mol. The van der Waals surface area contributed by atoms with Crippen molar-refractivity contribution >= 4 is 17.5 Å². The number of β-amino-alcohol motifs (C(OH)–C–C–N with tert-alkyl or cyclic N) is 1. The summed E-state index contributed by atoms with van der Waals surface area (Å²) in [7, 11) is 0. The Kier molecular flexibility index (Phi) is 6.00. The molecule has 3 N–H and O–H groups in total. The van der Waals surface area contributed by atoms with Gasteiger partial charge in [-0.3, -0.25) is 14.5 Å². The van der Waals surface area contributed by atoms with Gasteiger partial charge >= 0.3 is 0 Å². The van der Waals surface area contributed by atoms with Crippen LogP contribution in [0.5, 0.6) is 0 Å². The van der Waals surface area contributed by atoms with Crippen molar-refractivity contribution in [1.82, 2.24) is 10.2 Å². The van der Waals surface area contributed by atoms with Crippen molar-refractivity contribution in [2.75, 3.05) is 31.5 Å². The van der Waals surface area contributed by atoms with Crippen LogP contribution in [0.1, 0.15) is 12.8 Å². The fourth-order valence-electron chi connectivity index (χ4n) is 2.39. The van der Waals surface area contributed by atoms with Crippen molar-refractivity contribution in [3.63, 3.8) is 0 Å². The first kappa shape index (κ1) is 17.3. The standard InChI is InChI=1S/C15H19F2N3O3/c16-12-4-3-10(6-13(12)17)19-14(22)7-18-15(23)9-20-5-1-2-11(21)8-20/h3-4,6,11,21H,1-2,5,7-9H2,(H,18,23)(H,19,22). The van der Waals surface area contributed by atoms with Crippen LogP contribution < -0.4 is 10.6 Å². The predicted octanol–water partition coefficient (Wildman–Crippen LogP) is 0.476. The lowest BCUT2D eigenvalue weighted by atomic mass is 10.1. The van der Waals surface area contributed by atoms with Gasteiger partial charge in [-0.15, -0.1) is 0 Å². The predicted molar refractivity (Wildman–Crippen MR) is 79.7 cm³/mol. The number of hydrogen-bond acceptors (Lipinski definition) is 4. The van der Waals surface area contributed by atoms with Crippen molar-refractivity contribution in [2.24, 2.45) is 0 Å². The molecule has 1 heterocycles. The molecule has 2 rings (SSSR count). The summed E-state index contributed by atoms with van der Waals surface area (Å²) in [6, 6.07) is 3.00. The molecule has 0 spiro atoms. The number of nitrogens with zero attached hydrogens (tertiary/aromatic N) is 1. The molecule has 23 heavy (non-hydrogen) atoms. The molecule has 0 saturated carbocycles. The van der Waals surface area contributed by atoms with Crippen LogP contribution in [0.2, 0.25) is 0 Å². The van der Waals surface area contributed by atoms with Crippen LogP contribution in [0.4, 0.5) is 14.5 Å². The minimum atomic E-state index is -1.06. The van der Waals surface area contributed by atoms with Gasteiger partial charge in [0.15, 0.2) is 11.6 Å². The summed E-state index contributed by atoms with van der Waals surface area (Å²) in [5, 5.41) is 14.3. The maximum Gasteiger partial charge on any atom is 0.243 e. The van der Waals surface area contributed by atoms with E-state index >= 15 is 0 Å². The second-order valence-electron chi connectivity index (χ2n) is 5.48. The Bertz CT molecular complexity index is 583. The smallest absolute Gasteiger partial charge is 0.243 e. The number of piperidine rings is 1. The summed E-state index contributed by atoms with van der Waals surface area (Å²) in [5.41, 5.74) is 0.113. The van der Waals surface area contributed by atoms with Crippen LogP contribution in [0.3, 0.4) is 0 Å². The first-order chi connectivity index (χ1) is 10.9. The monoisotopic (exact) mass is 327 g/mol. The second kappa shape index (κ2) is 7.98. The Morgan fingerprint density at radius 3 is 2.74 bits per heavy atom. The number of nitrogens with one attached hydrogen (secondary N) is 2. The van der Waals surface area contributed by atoms with Crippen molar-refractivity contribution in [3.8, 4) is 0 Å². The topological polar surface area (TPSA) is 81.7 Å². The van der Waals surface area contributed by atoms with Gasteiger partial charge in [-0.25, -0.2) is 8.78 Å². The Hall–Kier alpha value is -2.06. The SMILES string of the molecule is O=C(CN1CCCC(O)C1)NCC(=O)Nc1ccc(F)c(F)c1. The molecule has 0 radical (unpaired) electrons. The number of benzene rings is 1. The third-order valence-corrected chi connectivity index (χ3v) is 3.50. The zero-order valence-corrected chi connectivity index (χ0v) is 12.5.